The molecule has 0 unspecified atom stereocenters. The van der Waals surface area contributed by atoms with Gasteiger partial charge in [0.25, 0.3) is 0 Å². The molecule has 2 aromatic carbocycles. The average molecular weight is 318 g/mol. The number of methoxy groups -OCH3 is 1. The highest BCUT2D eigenvalue weighted by Gasteiger charge is 2.15. The van der Waals surface area contributed by atoms with E-state index >= 15 is 0 Å². The molecule has 0 saturated carbocycles. The molecule has 0 fully saturated rings. The van der Waals surface area contributed by atoms with Gasteiger partial charge in [0.15, 0.2) is 5.13 Å². The zero-order valence-corrected chi connectivity index (χ0v) is 12.3. The normalized spacial score (nSPS) is 10.6. The summed E-state index contributed by atoms with van der Waals surface area (Å²) < 4.78 is 24.5. The van der Waals surface area contributed by atoms with Crippen LogP contribution in [0.2, 0.25) is 0 Å². The van der Waals surface area contributed by atoms with Crippen molar-refractivity contribution in [2.24, 2.45) is 0 Å². The minimum atomic E-state index is -0.599. The number of carbonyl (C=O) groups excluding carboxylic acids is 1. The lowest BCUT2D eigenvalue weighted by Crippen LogP contribution is -2.04. The van der Waals surface area contributed by atoms with E-state index in [4.69, 9.17) is 10.5 Å². The highest BCUT2D eigenvalue weighted by atomic mass is 32.1. The minimum Gasteiger partial charge on any atom is -0.465 e. The number of benzene rings is 2. The molecular weight excluding hydrogens is 307 g/mol. The van der Waals surface area contributed by atoms with Gasteiger partial charge in [-0.25, -0.2) is 14.2 Å². The number of nitrogens with two attached hydrogens (primary N) is 1. The molecule has 0 atom stereocenters. The first kappa shape index (κ1) is 14.3. The molecule has 3 aromatic rings. The number of hydrogen-bond acceptors (Lipinski definition) is 6. The summed E-state index contributed by atoms with van der Waals surface area (Å²) >= 11 is 1.32. The fourth-order valence-corrected chi connectivity index (χ4v) is 2.74. The average Bonchev–Trinajstić information content (AvgIpc) is 2.86. The van der Waals surface area contributed by atoms with Crippen LogP contribution in [0, 0.1) is 5.82 Å². The summed E-state index contributed by atoms with van der Waals surface area (Å²) in [5.41, 5.74) is 6.55. The number of carbonyl (C=O) groups is 1. The maximum Gasteiger partial charge on any atom is 0.341 e. The van der Waals surface area contributed by atoms with Crippen molar-refractivity contribution < 1.29 is 18.7 Å². The molecule has 0 aliphatic heterocycles. The maximum absolute atomic E-state index is 13.4. The van der Waals surface area contributed by atoms with E-state index in [9.17, 15) is 9.18 Å². The quantitative estimate of drug-likeness (QED) is 0.747. The Kier molecular flexibility index (Phi) is 3.64. The molecule has 3 rings (SSSR count). The Morgan fingerprint density at radius 1 is 1.27 bits per heavy atom. The number of anilines is 1. The SMILES string of the molecule is COC(=O)c1ccc(F)cc1Oc1ccc2nc(N)sc2c1. The Morgan fingerprint density at radius 3 is 2.86 bits per heavy atom. The Balaban J connectivity index is 2.00. The van der Waals surface area contributed by atoms with Crippen molar-refractivity contribution in [2.75, 3.05) is 12.8 Å². The summed E-state index contributed by atoms with van der Waals surface area (Å²) in [5.74, 6) is -0.570. The predicted molar refractivity (Wildman–Crippen MR) is 81.8 cm³/mol. The first-order chi connectivity index (χ1) is 10.6. The predicted octanol–water partition coefficient (Wildman–Crippen LogP) is 3.60. The largest absolute Gasteiger partial charge is 0.465 e. The van der Waals surface area contributed by atoms with Crippen LogP contribution < -0.4 is 10.5 Å². The number of nitrogen functional groups attached to an aromatic ring is 1. The number of aromatic nitrogens is 1. The second kappa shape index (κ2) is 5.61. The lowest BCUT2D eigenvalue weighted by molar-refractivity contribution is 0.0598. The summed E-state index contributed by atoms with van der Waals surface area (Å²) in [6.45, 7) is 0. The topological polar surface area (TPSA) is 74.4 Å². The Morgan fingerprint density at radius 2 is 2.09 bits per heavy atom. The molecule has 0 aliphatic rings. The number of halogens is 1. The van der Waals surface area contributed by atoms with Crippen LogP contribution >= 0.6 is 11.3 Å². The summed E-state index contributed by atoms with van der Waals surface area (Å²) in [6.07, 6.45) is 0. The van der Waals surface area contributed by atoms with Crippen LogP contribution in [0.15, 0.2) is 36.4 Å². The number of ether oxygens (including phenoxy) is 2. The second-order valence-corrected chi connectivity index (χ2v) is 5.48. The van der Waals surface area contributed by atoms with E-state index in [-0.39, 0.29) is 11.3 Å². The molecule has 22 heavy (non-hydrogen) atoms. The van der Waals surface area contributed by atoms with Crippen molar-refractivity contribution in [1.29, 1.82) is 0 Å². The van der Waals surface area contributed by atoms with Gasteiger partial charge in [-0.15, -0.1) is 0 Å². The molecule has 1 aromatic heterocycles. The third-order valence-corrected chi connectivity index (χ3v) is 3.80. The van der Waals surface area contributed by atoms with E-state index in [0.29, 0.717) is 10.9 Å². The number of fused-ring (bicyclic) bond motifs is 1. The van der Waals surface area contributed by atoms with Crippen LogP contribution in [0.1, 0.15) is 10.4 Å². The number of hydrogen-bond donors (Lipinski definition) is 1. The van der Waals surface area contributed by atoms with E-state index in [2.05, 4.69) is 9.72 Å². The molecule has 5 nitrogen and oxygen atoms in total. The first-order valence-corrected chi connectivity index (χ1v) is 7.10. The van der Waals surface area contributed by atoms with Gasteiger partial charge >= 0.3 is 5.97 Å². The van der Waals surface area contributed by atoms with Gasteiger partial charge in [-0.05, 0) is 24.3 Å². The molecule has 0 amide bonds. The lowest BCUT2D eigenvalue weighted by atomic mass is 10.2. The number of nitrogens with zero attached hydrogens (tertiary/aromatic N) is 1. The Bertz CT molecular complexity index is 863. The third-order valence-electron chi connectivity index (χ3n) is 2.95. The van der Waals surface area contributed by atoms with Gasteiger partial charge in [-0.2, -0.15) is 0 Å². The van der Waals surface area contributed by atoms with Gasteiger partial charge in [-0.3, -0.25) is 0 Å². The van der Waals surface area contributed by atoms with Crippen LogP contribution in [-0.2, 0) is 4.74 Å². The van der Waals surface area contributed by atoms with E-state index in [1.807, 2.05) is 0 Å². The van der Waals surface area contributed by atoms with Gasteiger partial charge in [0.1, 0.15) is 22.9 Å². The van der Waals surface area contributed by atoms with E-state index in [1.54, 1.807) is 18.2 Å². The van der Waals surface area contributed by atoms with E-state index in [1.165, 1.54) is 30.6 Å². The zero-order valence-electron chi connectivity index (χ0n) is 11.5. The van der Waals surface area contributed by atoms with E-state index in [0.717, 1.165) is 16.3 Å². The van der Waals surface area contributed by atoms with Crippen molar-refractivity contribution in [3.8, 4) is 11.5 Å². The van der Waals surface area contributed by atoms with Crippen molar-refractivity contribution in [3.63, 3.8) is 0 Å². The monoisotopic (exact) mass is 318 g/mol. The number of thiazole rings is 1. The zero-order chi connectivity index (χ0) is 15.7. The highest BCUT2D eigenvalue weighted by Crippen LogP contribution is 2.31. The highest BCUT2D eigenvalue weighted by molar-refractivity contribution is 7.22. The molecule has 0 bridgehead atoms. The smallest absolute Gasteiger partial charge is 0.341 e. The van der Waals surface area contributed by atoms with Crippen LogP contribution in [0.5, 0.6) is 11.5 Å². The fraction of sp³-hybridized carbons (Fsp3) is 0.0667. The van der Waals surface area contributed by atoms with Crippen LogP contribution in [-0.4, -0.2) is 18.1 Å². The molecule has 0 radical (unpaired) electrons. The van der Waals surface area contributed by atoms with Gasteiger partial charge in [0.2, 0.25) is 0 Å². The summed E-state index contributed by atoms with van der Waals surface area (Å²) in [5, 5.41) is 0.452. The molecule has 112 valence electrons. The molecule has 0 spiro atoms. The molecule has 7 heteroatoms. The fourth-order valence-electron chi connectivity index (χ4n) is 1.97. The molecule has 0 saturated heterocycles. The van der Waals surface area contributed by atoms with Gasteiger partial charge in [0, 0.05) is 12.1 Å². The van der Waals surface area contributed by atoms with Crippen molar-refractivity contribution in [3.05, 3.63) is 47.8 Å². The summed E-state index contributed by atoms with van der Waals surface area (Å²) in [4.78, 5) is 15.8. The minimum absolute atomic E-state index is 0.0867. The van der Waals surface area contributed by atoms with E-state index < -0.39 is 11.8 Å². The Hall–Kier alpha value is -2.67. The summed E-state index contributed by atoms with van der Waals surface area (Å²) in [6, 6.07) is 8.78. The number of esters is 1. The van der Waals surface area contributed by atoms with Crippen molar-refractivity contribution in [2.45, 2.75) is 0 Å². The second-order valence-electron chi connectivity index (χ2n) is 4.42. The molecule has 1 heterocycles. The first-order valence-electron chi connectivity index (χ1n) is 6.28. The van der Waals surface area contributed by atoms with Crippen LogP contribution in [0.4, 0.5) is 9.52 Å². The maximum atomic E-state index is 13.4. The van der Waals surface area contributed by atoms with Crippen LogP contribution in [0.3, 0.4) is 0 Å². The standard InChI is InChI=1S/C15H11FN2O3S/c1-20-14(19)10-4-2-8(16)6-12(10)21-9-3-5-11-13(7-9)22-15(17)18-11/h2-7H,1H3,(H2,17,18). The van der Waals surface area contributed by atoms with Crippen molar-refractivity contribution >= 4 is 32.7 Å². The van der Waals surface area contributed by atoms with Gasteiger partial charge < -0.3 is 15.2 Å². The van der Waals surface area contributed by atoms with Crippen LogP contribution in [0.25, 0.3) is 10.2 Å². The number of rotatable bonds is 3. The molecular formula is C15H11FN2O3S. The molecule has 0 aliphatic carbocycles. The lowest BCUT2D eigenvalue weighted by Gasteiger charge is -2.10. The molecule has 2 N–H and O–H groups in total. The van der Waals surface area contributed by atoms with Crippen molar-refractivity contribution in [1.82, 2.24) is 4.98 Å². The third kappa shape index (κ3) is 2.71. The summed E-state index contributed by atoms with van der Waals surface area (Å²) in [7, 11) is 1.25. The Labute approximate surface area is 129 Å². The van der Waals surface area contributed by atoms with Gasteiger partial charge in [0.05, 0.1) is 17.3 Å². The van der Waals surface area contributed by atoms with Gasteiger partial charge in [-0.1, -0.05) is 11.3 Å².